The van der Waals surface area contributed by atoms with Crippen LogP contribution >= 0.6 is 0 Å². The Morgan fingerprint density at radius 2 is 1.48 bits per heavy atom. The van der Waals surface area contributed by atoms with E-state index in [0.717, 1.165) is 19.3 Å². The molecule has 1 heterocycles. The van der Waals surface area contributed by atoms with Gasteiger partial charge in [-0.25, -0.2) is 0 Å². The molecule has 1 rings (SSSR count). The number of nitrogens with one attached hydrogen (secondary N) is 1. The first-order valence-electron chi connectivity index (χ1n) is 11.6. The van der Waals surface area contributed by atoms with Crippen molar-refractivity contribution in [1.29, 1.82) is 0 Å². The number of carbonyl (C=O) groups is 2. The molecular weight excluding hydrogens is 334 g/mol. The van der Waals surface area contributed by atoms with E-state index in [1.807, 2.05) is 0 Å². The van der Waals surface area contributed by atoms with Gasteiger partial charge in [0.05, 0.1) is 5.92 Å². The highest BCUT2D eigenvalue weighted by Crippen LogP contribution is 2.32. The van der Waals surface area contributed by atoms with Gasteiger partial charge in [0.2, 0.25) is 11.8 Å². The van der Waals surface area contributed by atoms with Gasteiger partial charge < -0.3 is 0 Å². The third-order valence-corrected chi connectivity index (χ3v) is 5.97. The molecule has 0 aliphatic carbocycles. The summed E-state index contributed by atoms with van der Waals surface area (Å²) in [6.07, 6.45) is 20.3. The van der Waals surface area contributed by atoms with Crippen LogP contribution in [0.25, 0.3) is 0 Å². The fraction of sp³-hybridized carbons (Fsp3) is 0.833. The van der Waals surface area contributed by atoms with Crippen LogP contribution in [0.5, 0.6) is 0 Å². The Morgan fingerprint density at radius 3 is 2.04 bits per heavy atom. The van der Waals surface area contributed by atoms with Crippen molar-refractivity contribution in [2.24, 2.45) is 11.8 Å². The molecule has 1 N–H and O–H groups in total. The summed E-state index contributed by atoms with van der Waals surface area (Å²) in [5, 5.41) is 2.51. The van der Waals surface area contributed by atoms with Crippen molar-refractivity contribution in [2.75, 3.05) is 0 Å². The first-order chi connectivity index (χ1) is 13.1. The van der Waals surface area contributed by atoms with Gasteiger partial charge in [-0.2, -0.15) is 0 Å². The summed E-state index contributed by atoms with van der Waals surface area (Å²) in [5.41, 5.74) is 1.33. The number of allylic oxidation sites excluding steroid dienone is 2. The Balaban J connectivity index is 2.47. The maximum absolute atomic E-state index is 12.2. The van der Waals surface area contributed by atoms with Crippen LogP contribution in [0.3, 0.4) is 0 Å². The maximum atomic E-state index is 12.2. The van der Waals surface area contributed by atoms with Crippen LogP contribution in [0.1, 0.15) is 117 Å². The van der Waals surface area contributed by atoms with Crippen LogP contribution in [0.15, 0.2) is 11.6 Å². The van der Waals surface area contributed by atoms with Crippen molar-refractivity contribution in [3.05, 3.63) is 11.6 Å². The molecule has 3 nitrogen and oxygen atoms in total. The van der Waals surface area contributed by atoms with Gasteiger partial charge in [0.15, 0.2) is 0 Å². The Morgan fingerprint density at radius 1 is 0.926 bits per heavy atom. The lowest BCUT2D eigenvalue weighted by Gasteiger charge is -2.22. The van der Waals surface area contributed by atoms with Crippen LogP contribution in [-0.2, 0) is 9.59 Å². The maximum Gasteiger partial charge on any atom is 0.230 e. The van der Waals surface area contributed by atoms with Gasteiger partial charge in [-0.15, -0.1) is 0 Å². The third-order valence-electron chi connectivity index (χ3n) is 5.97. The van der Waals surface area contributed by atoms with Gasteiger partial charge in [0, 0.05) is 6.42 Å². The number of carbonyl (C=O) groups excluding carboxylic acids is 2. The third kappa shape index (κ3) is 10.1. The predicted octanol–water partition coefficient (Wildman–Crippen LogP) is 6.71. The molecule has 0 aromatic carbocycles. The predicted molar refractivity (Wildman–Crippen MR) is 114 cm³/mol. The average Bonchev–Trinajstić information content (AvgIpc) is 2.98. The SMILES string of the molecule is CCCCCCC/C=C(\C)C(CCCCCCCCC)C1CC(=O)NC1=O. The smallest absolute Gasteiger partial charge is 0.230 e. The molecule has 1 aliphatic heterocycles. The van der Waals surface area contributed by atoms with Crippen molar-refractivity contribution in [1.82, 2.24) is 5.32 Å². The van der Waals surface area contributed by atoms with Gasteiger partial charge >= 0.3 is 0 Å². The summed E-state index contributed by atoms with van der Waals surface area (Å²) in [6.45, 7) is 6.66. The number of imide groups is 1. The second kappa shape index (κ2) is 14.9. The Hall–Kier alpha value is -1.12. The highest BCUT2D eigenvalue weighted by molar-refractivity contribution is 6.03. The molecule has 1 aliphatic rings. The monoisotopic (exact) mass is 377 g/mol. The van der Waals surface area contributed by atoms with Gasteiger partial charge in [-0.05, 0) is 32.1 Å². The lowest BCUT2D eigenvalue weighted by molar-refractivity contribution is -0.126. The van der Waals surface area contributed by atoms with Crippen LogP contribution in [0.2, 0.25) is 0 Å². The van der Waals surface area contributed by atoms with Crippen LogP contribution in [0, 0.1) is 11.8 Å². The summed E-state index contributed by atoms with van der Waals surface area (Å²) in [7, 11) is 0. The van der Waals surface area contributed by atoms with E-state index in [0.29, 0.717) is 6.42 Å². The standard InChI is InChI=1S/C24H43NO2/c1-4-6-8-10-12-14-16-18-21(22-19-23(26)25-24(22)27)20(3)17-15-13-11-9-7-5-2/h17,21-22H,4-16,18-19H2,1-3H3,(H,25,26,27)/b20-17+. The molecule has 0 bridgehead atoms. The van der Waals surface area contributed by atoms with Crippen molar-refractivity contribution in [3.63, 3.8) is 0 Å². The van der Waals surface area contributed by atoms with Gasteiger partial charge in [0.25, 0.3) is 0 Å². The fourth-order valence-corrected chi connectivity index (χ4v) is 4.20. The van der Waals surface area contributed by atoms with Gasteiger partial charge in [-0.3, -0.25) is 14.9 Å². The lowest BCUT2D eigenvalue weighted by atomic mass is 9.81. The second-order valence-electron chi connectivity index (χ2n) is 8.39. The van der Waals surface area contributed by atoms with Gasteiger partial charge in [-0.1, -0.05) is 96.1 Å². The Bertz CT molecular complexity index is 455. The van der Waals surface area contributed by atoms with Crippen molar-refractivity contribution in [2.45, 2.75) is 117 Å². The molecule has 27 heavy (non-hydrogen) atoms. The first-order valence-corrected chi connectivity index (χ1v) is 11.6. The van der Waals surface area contributed by atoms with Crippen LogP contribution in [0.4, 0.5) is 0 Å². The zero-order valence-corrected chi connectivity index (χ0v) is 18.2. The van der Waals surface area contributed by atoms with Gasteiger partial charge in [0.1, 0.15) is 0 Å². The van der Waals surface area contributed by atoms with E-state index in [1.54, 1.807) is 0 Å². The molecule has 0 aromatic heterocycles. The summed E-state index contributed by atoms with van der Waals surface area (Å²) in [4.78, 5) is 23.9. The minimum absolute atomic E-state index is 0.0522. The fourth-order valence-electron chi connectivity index (χ4n) is 4.20. The molecule has 0 radical (unpaired) electrons. The minimum Gasteiger partial charge on any atom is -0.296 e. The summed E-state index contributed by atoms with van der Waals surface area (Å²) in [6, 6.07) is 0. The van der Waals surface area contributed by atoms with Crippen molar-refractivity contribution in [3.8, 4) is 0 Å². The van der Waals surface area contributed by atoms with Crippen LogP contribution in [-0.4, -0.2) is 11.8 Å². The van der Waals surface area contributed by atoms with Crippen molar-refractivity contribution < 1.29 is 9.59 Å². The van der Waals surface area contributed by atoms with E-state index in [1.165, 1.54) is 76.2 Å². The number of amides is 2. The summed E-state index contributed by atoms with van der Waals surface area (Å²) in [5.74, 6) is -0.0535. The second-order valence-corrected chi connectivity index (χ2v) is 8.39. The number of rotatable bonds is 16. The average molecular weight is 378 g/mol. The van der Waals surface area contributed by atoms with E-state index in [-0.39, 0.29) is 23.7 Å². The number of hydrogen-bond donors (Lipinski definition) is 1. The van der Waals surface area contributed by atoms with Crippen LogP contribution < -0.4 is 5.32 Å². The van der Waals surface area contributed by atoms with E-state index in [9.17, 15) is 9.59 Å². The zero-order chi connectivity index (χ0) is 19.9. The summed E-state index contributed by atoms with van der Waals surface area (Å²) >= 11 is 0. The van der Waals surface area contributed by atoms with E-state index < -0.39 is 0 Å². The normalized spacial score (nSPS) is 18.8. The topological polar surface area (TPSA) is 46.2 Å². The molecular formula is C24H43NO2. The Labute approximate surface area is 167 Å². The molecule has 2 atom stereocenters. The molecule has 1 saturated heterocycles. The minimum atomic E-state index is -0.145. The molecule has 0 saturated carbocycles. The Kier molecular flexibility index (Phi) is 13.2. The molecule has 0 spiro atoms. The largest absolute Gasteiger partial charge is 0.296 e. The lowest BCUT2D eigenvalue weighted by Crippen LogP contribution is -2.26. The molecule has 1 fully saturated rings. The zero-order valence-electron chi connectivity index (χ0n) is 18.2. The number of unbranched alkanes of at least 4 members (excludes halogenated alkanes) is 11. The molecule has 2 unspecified atom stereocenters. The number of hydrogen-bond acceptors (Lipinski definition) is 2. The summed E-state index contributed by atoms with van der Waals surface area (Å²) < 4.78 is 0. The molecule has 0 aromatic rings. The van der Waals surface area contributed by atoms with E-state index in [4.69, 9.17) is 0 Å². The van der Waals surface area contributed by atoms with E-state index in [2.05, 4.69) is 32.2 Å². The highest BCUT2D eigenvalue weighted by Gasteiger charge is 2.36. The van der Waals surface area contributed by atoms with Crippen molar-refractivity contribution >= 4 is 11.8 Å². The highest BCUT2D eigenvalue weighted by atomic mass is 16.2. The van der Waals surface area contributed by atoms with E-state index >= 15 is 0 Å². The molecule has 2 amide bonds. The quantitative estimate of drug-likeness (QED) is 0.184. The first kappa shape index (κ1) is 23.9. The molecule has 156 valence electrons. The molecule has 3 heteroatoms.